The fourth-order valence-corrected chi connectivity index (χ4v) is 4.59. The molecule has 3 heterocycles. The van der Waals surface area contributed by atoms with Gasteiger partial charge in [0.15, 0.2) is 11.6 Å². The number of nitrogens with one attached hydrogen (secondary N) is 1. The molecule has 1 aliphatic carbocycles. The normalized spacial score (nSPS) is 17.4. The van der Waals surface area contributed by atoms with Crippen LogP contribution in [0.4, 0.5) is 5.95 Å². The molecule has 0 saturated heterocycles. The van der Waals surface area contributed by atoms with Crippen LogP contribution >= 0.6 is 0 Å². The number of ether oxygens (including phenoxy) is 1. The molecular formula is C27H29N7O3. The van der Waals surface area contributed by atoms with Gasteiger partial charge in [0.05, 0.1) is 53.6 Å². The van der Waals surface area contributed by atoms with Crippen molar-refractivity contribution < 1.29 is 14.6 Å². The first kappa shape index (κ1) is 24.4. The average molecular weight is 500 g/mol. The highest BCUT2D eigenvalue weighted by Crippen LogP contribution is 2.30. The van der Waals surface area contributed by atoms with Crippen LogP contribution in [0.25, 0.3) is 22.6 Å². The molecule has 0 spiro atoms. The molecule has 1 aliphatic rings. The smallest absolute Gasteiger partial charge is 0.306 e. The molecule has 4 aromatic rings. The first-order valence-electron chi connectivity index (χ1n) is 12.3. The van der Waals surface area contributed by atoms with Crippen molar-refractivity contribution in [3.8, 4) is 28.4 Å². The number of aliphatic carboxylic acids is 1. The molecule has 5 rings (SSSR count). The number of benzene rings is 1. The minimum atomic E-state index is -0.758. The van der Waals surface area contributed by atoms with Gasteiger partial charge < -0.3 is 15.2 Å². The molecule has 10 heteroatoms. The fourth-order valence-electron chi connectivity index (χ4n) is 4.59. The molecule has 1 aromatic carbocycles. The molecule has 0 aliphatic heterocycles. The third kappa shape index (κ3) is 5.58. The predicted octanol–water partition coefficient (Wildman–Crippen LogP) is 4.28. The van der Waals surface area contributed by atoms with E-state index >= 15 is 0 Å². The Hall–Kier alpha value is -4.34. The number of hydrogen-bond acceptors (Lipinski definition) is 8. The van der Waals surface area contributed by atoms with Gasteiger partial charge in [0.1, 0.15) is 0 Å². The predicted molar refractivity (Wildman–Crippen MR) is 138 cm³/mol. The maximum Gasteiger partial charge on any atom is 0.306 e. The Morgan fingerprint density at radius 2 is 1.97 bits per heavy atom. The molecule has 1 fully saturated rings. The lowest BCUT2D eigenvalue weighted by molar-refractivity contribution is -0.143. The molecular weight excluding hydrogens is 470 g/mol. The number of aryl methyl sites for hydroxylation is 2. The summed E-state index contributed by atoms with van der Waals surface area (Å²) < 4.78 is 7.89. The summed E-state index contributed by atoms with van der Waals surface area (Å²) in [6, 6.07) is 11.8. The highest BCUT2D eigenvalue weighted by atomic mass is 16.5. The third-order valence-electron chi connectivity index (χ3n) is 6.64. The summed E-state index contributed by atoms with van der Waals surface area (Å²) in [5.74, 6) is 0.519. The summed E-state index contributed by atoms with van der Waals surface area (Å²) in [5, 5.41) is 17.0. The van der Waals surface area contributed by atoms with Gasteiger partial charge in [0.25, 0.3) is 0 Å². The zero-order chi connectivity index (χ0) is 25.8. The van der Waals surface area contributed by atoms with Gasteiger partial charge in [-0.05, 0) is 38.7 Å². The summed E-state index contributed by atoms with van der Waals surface area (Å²) in [5.41, 5.74) is 4.24. The van der Waals surface area contributed by atoms with Crippen LogP contribution in [0.5, 0.6) is 5.75 Å². The van der Waals surface area contributed by atoms with Crippen LogP contribution in [-0.4, -0.2) is 46.9 Å². The first-order chi connectivity index (χ1) is 18.0. The van der Waals surface area contributed by atoms with Crippen LogP contribution in [0.15, 0.2) is 55.0 Å². The van der Waals surface area contributed by atoms with Gasteiger partial charge in [-0.2, -0.15) is 5.10 Å². The van der Waals surface area contributed by atoms with Crippen molar-refractivity contribution >= 4 is 11.9 Å². The molecule has 10 nitrogen and oxygen atoms in total. The van der Waals surface area contributed by atoms with Crippen molar-refractivity contribution in [1.82, 2.24) is 29.7 Å². The molecule has 0 amide bonds. The van der Waals surface area contributed by atoms with Crippen LogP contribution in [-0.2, 0) is 18.4 Å². The number of aromatic nitrogens is 6. The molecule has 3 aromatic heterocycles. The van der Waals surface area contributed by atoms with Crippen molar-refractivity contribution in [2.24, 2.45) is 13.0 Å². The molecule has 0 bridgehead atoms. The largest absolute Gasteiger partial charge is 0.487 e. The summed E-state index contributed by atoms with van der Waals surface area (Å²) in [7, 11) is 1.87. The fraction of sp³-hybridized carbons (Fsp3) is 0.333. The van der Waals surface area contributed by atoms with Crippen molar-refractivity contribution in [3.63, 3.8) is 0 Å². The highest BCUT2D eigenvalue weighted by molar-refractivity contribution is 5.70. The van der Waals surface area contributed by atoms with E-state index in [2.05, 4.69) is 30.4 Å². The van der Waals surface area contributed by atoms with Crippen LogP contribution in [0.3, 0.4) is 0 Å². The summed E-state index contributed by atoms with van der Waals surface area (Å²) >= 11 is 0. The molecule has 0 radical (unpaired) electrons. The Bertz CT molecular complexity index is 1390. The SMILES string of the molecule is Cc1nc(-c2cnn(C)c2CNc2nccc(-c3ccccc3)n2)ncc1O[C@H]1CCC[C@H](C(=O)O)C1. The molecule has 1 saturated carbocycles. The van der Waals surface area contributed by atoms with Gasteiger partial charge in [0.2, 0.25) is 5.95 Å². The maximum atomic E-state index is 11.4. The van der Waals surface area contributed by atoms with E-state index in [1.165, 1.54) is 0 Å². The number of anilines is 1. The van der Waals surface area contributed by atoms with Gasteiger partial charge in [-0.3, -0.25) is 9.48 Å². The zero-order valence-corrected chi connectivity index (χ0v) is 20.8. The average Bonchev–Trinajstić information content (AvgIpc) is 3.29. The summed E-state index contributed by atoms with van der Waals surface area (Å²) in [4.78, 5) is 29.6. The van der Waals surface area contributed by atoms with Gasteiger partial charge in [-0.25, -0.2) is 19.9 Å². The van der Waals surface area contributed by atoms with E-state index in [0.29, 0.717) is 42.6 Å². The minimum Gasteiger partial charge on any atom is -0.487 e. The topological polar surface area (TPSA) is 128 Å². The number of carboxylic acid groups (broad SMARTS) is 1. The van der Waals surface area contributed by atoms with Crippen LogP contribution < -0.4 is 10.1 Å². The van der Waals surface area contributed by atoms with Crippen LogP contribution in [0, 0.1) is 12.8 Å². The van der Waals surface area contributed by atoms with E-state index in [9.17, 15) is 9.90 Å². The molecule has 2 atom stereocenters. The Balaban J connectivity index is 1.30. The van der Waals surface area contributed by atoms with E-state index in [0.717, 1.165) is 35.4 Å². The molecule has 0 unspecified atom stereocenters. The van der Waals surface area contributed by atoms with Crippen molar-refractivity contribution in [2.75, 3.05) is 5.32 Å². The quantitative estimate of drug-likeness (QED) is 0.365. The second-order valence-electron chi connectivity index (χ2n) is 9.20. The standard InChI is InChI=1S/C27H29N7O3/c1-17-24(37-20-10-6-9-19(13-20)26(35)36)16-29-25(32-17)21-14-31-34(2)23(21)15-30-27-28-12-11-22(33-27)18-7-4-3-5-8-18/h3-5,7-8,11-12,14,16,19-20H,6,9-10,13,15H2,1-2H3,(H,35,36)(H,28,30,33)/t19-,20-/m0/s1. The van der Waals surface area contributed by atoms with E-state index in [1.807, 2.05) is 50.4 Å². The Kier molecular flexibility index (Phi) is 7.07. The second-order valence-corrected chi connectivity index (χ2v) is 9.20. The summed E-state index contributed by atoms with van der Waals surface area (Å²) in [6.07, 6.45) is 7.86. The van der Waals surface area contributed by atoms with E-state index in [1.54, 1.807) is 23.3 Å². The van der Waals surface area contributed by atoms with Crippen molar-refractivity contribution in [1.29, 1.82) is 0 Å². The molecule has 190 valence electrons. The van der Waals surface area contributed by atoms with Gasteiger partial charge in [-0.1, -0.05) is 30.3 Å². The van der Waals surface area contributed by atoms with E-state index < -0.39 is 5.97 Å². The van der Waals surface area contributed by atoms with Crippen LogP contribution in [0.2, 0.25) is 0 Å². The van der Waals surface area contributed by atoms with Crippen molar-refractivity contribution in [2.45, 2.75) is 45.3 Å². The molecule has 2 N–H and O–H groups in total. The Labute approximate surface area is 214 Å². The lowest BCUT2D eigenvalue weighted by Crippen LogP contribution is -2.29. The number of nitrogens with zero attached hydrogens (tertiary/aromatic N) is 6. The molecule has 37 heavy (non-hydrogen) atoms. The number of carbonyl (C=O) groups is 1. The minimum absolute atomic E-state index is 0.146. The third-order valence-corrected chi connectivity index (χ3v) is 6.64. The van der Waals surface area contributed by atoms with E-state index in [-0.39, 0.29) is 12.0 Å². The first-order valence-corrected chi connectivity index (χ1v) is 12.3. The van der Waals surface area contributed by atoms with Crippen molar-refractivity contribution in [3.05, 3.63) is 66.4 Å². The lowest BCUT2D eigenvalue weighted by Gasteiger charge is -2.27. The zero-order valence-electron chi connectivity index (χ0n) is 20.8. The monoisotopic (exact) mass is 499 g/mol. The number of carboxylic acids is 1. The Morgan fingerprint density at radius 1 is 1.14 bits per heavy atom. The Morgan fingerprint density at radius 3 is 2.76 bits per heavy atom. The van der Waals surface area contributed by atoms with Crippen LogP contribution in [0.1, 0.15) is 37.1 Å². The summed E-state index contributed by atoms with van der Waals surface area (Å²) in [6.45, 7) is 2.30. The lowest BCUT2D eigenvalue weighted by atomic mass is 9.87. The highest BCUT2D eigenvalue weighted by Gasteiger charge is 2.28. The van der Waals surface area contributed by atoms with Gasteiger partial charge in [0, 0.05) is 18.8 Å². The van der Waals surface area contributed by atoms with Gasteiger partial charge in [-0.15, -0.1) is 0 Å². The maximum absolute atomic E-state index is 11.4. The van der Waals surface area contributed by atoms with Gasteiger partial charge >= 0.3 is 5.97 Å². The second kappa shape index (κ2) is 10.7. The van der Waals surface area contributed by atoms with E-state index in [4.69, 9.17) is 4.74 Å². The number of hydrogen-bond donors (Lipinski definition) is 2. The number of rotatable bonds is 8.